The Morgan fingerprint density at radius 3 is 2.22 bits per heavy atom. The highest BCUT2D eigenvalue weighted by molar-refractivity contribution is 6.37. The van der Waals surface area contributed by atoms with Crippen LogP contribution in [0.2, 0.25) is 0 Å². The molecule has 0 aromatic heterocycles. The van der Waals surface area contributed by atoms with Crippen molar-refractivity contribution in [3.8, 4) is 0 Å². The number of rotatable bonds is 7. The van der Waals surface area contributed by atoms with E-state index in [1.165, 1.54) is 4.90 Å². The Labute approximate surface area is 241 Å². The number of fused-ring (bicyclic) bond motifs is 1. The van der Waals surface area contributed by atoms with E-state index in [1.54, 1.807) is 44.2 Å². The number of carbonyl (C=O) groups is 3. The molecule has 41 heavy (non-hydrogen) atoms. The monoisotopic (exact) mass is 552 g/mol. The fraction of sp³-hybridized carbons (Fsp3) is 0.281. The first-order chi connectivity index (χ1) is 19.7. The zero-order chi connectivity index (χ0) is 29.1. The predicted molar refractivity (Wildman–Crippen MR) is 164 cm³/mol. The molecule has 0 aliphatic carbocycles. The van der Waals surface area contributed by atoms with E-state index >= 15 is 0 Å². The molecular weight excluding hydrogens is 516 g/mol. The molecule has 2 aliphatic heterocycles. The van der Waals surface area contributed by atoms with Crippen molar-refractivity contribution in [3.05, 3.63) is 89.5 Å². The Morgan fingerprint density at radius 1 is 0.878 bits per heavy atom. The summed E-state index contributed by atoms with van der Waals surface area (Å²) in [5.74, 6) is -0.334. The van der Waals surface area contributed by atoms with Gasteiger partial charge in [0, 0.05) is 75.5 Å². The van der Waals surface area contributed by atoms with Gasteiger partial charge in [-0.25, -0.2) is 0 Å². The van der Waals surface area contributed by atoms with Crippen molar-refractivity contribution in [1.82, 2.24) is 14.7 Å². The van der Waals surface area contributed by atoms with Gasteiger partial charge in [0.2, 0.25) is 5.91 Å². The van der Waals surface area contributed by atoms with E-state index in [4.69, 9.17) is 0 Å². The van der Waals surface area contributed by atoms with Crippen molar-refractivity contribution < 1.29 is 14.4 Å². The third kappa shape index (κ3) is 6.16. The van der Waals surface area contributed by atoms with Crippen LogP contribution in [0.1, 0.15) is 21.5 Å². The van der Waals surface area contributed by atoms with E-state index in [1.807, 2.05) is 54.6 Å². The zero-order valence-corrected chi connectivity index (χ0v) is 24.0. The van der Waals surface area contributed by atoms with Crippen LogP contribution in [0.5, 0.6) is 0 Å². The fourth-order valence-corrected chi connectivity index (χ4v) is 5.05. The first-order valence-corrected chi connectivity index (χ1v) is 13.7. The molecule has 0 saturated carbocycles. The normalized spacial score (nSPS) is 16.5. The van der Waals surface area contributed by atoms with Crippen molar-refractivity contribution in [2.24, 2.45) is 0 Å². The van der Waals surface area contributed by atoms with Crippen LogP contribution in [-0.4, -0.2) is 93.3 Å². The van der Waals surface area contributed by atoms with E-state index in [0.29, 0.717) is 34.6 Å². The van der Waals surface area contributed by atoms with Crippen LogP contribution < -0.4 is 15.5 Å². The molecule has 3 amide bonds. The van der Waals surface area contributed by atoms with Gasteiger partial charge in [-0.3, -0.25) is 19.3 Å². The molecule has 0 unspecified atom stereocenters. The van der Waals surface area contributed by atoms with Crippen LogP contribution in [0, 0.1) is 0 Å². The molecule has 0 radical (unpaired) electrons. The Kier molecular flexibility index (Phi) is 8.19. The average Bonchev–Trinajstić information content (AvgIpc) is 3.31. The maximum Gasteiger partial charge on any atom is 0.258 e. The highest BCUT2D eigenvalue weighted by Gasteiger charge is 2.30. The maximum absolute atomic E-state index is 13.3. The molecule has 0 atom stereocenters. The van der Waals surface area contributed by atoms with Crippen LogP contribution >= 0.6 is 0 Å². The number of amides is 3. The van der Waals surface area contributed by atoms with Gasteiger partial charge in [-0.2, -0.15) is 0 Å². The van der Waals surface area contributed by atoms with Gasteiger partial charge in [-0.15, -0.1) is 0 Å². The molecule has 9 nitrogen and oxygen atoms in total. The summed E-state index contributed by atoms with van der Waals surface area (Å²) in [6.45, 7) is 4.09. The third-order valence-corrected chi connectivity index (χ3v) is 7.58. The molecule has 3 aromatic rings. The first kappa shape index (κ1) is 28.1. The summed E-state index contributed by atoms with van der Waals surface area (Å²) < 4.78 is 0. The summed E-state index contributed by atoms with van der Waals surface area (Å²) >= 11 is 0. The lowest BCUT2D eigenvalue weighted by Gasteiger charge is -2.32. The molecule has 1 fully saturated rings. The summed E-state index contributed by atoms with van der Waals surface area (Å²) in [5.41, 5.74) is 5.31. The summed E-state index contributed by atoms with van der Waals surface area (Å²) in [4.78, 5) is 46.6. The van der Waals surface area contributed by atoms with Gasteiger partial charge in [-0.05, 0) is 55.1 Å². The van der Waals surface area contributed by atoms with Gasteiger partial charge in [0.25, 0.3) is 11.8 Å². The molecule has 3 aromatic carbocycles. The lowest BCUT2D eigenvalue weighted by molar-refractivity contribution is -0.119. The van der Waals surface area contributed by atoms with Crippen LogP contribution in [-0.2, 0) is 9.59 Å². The molecule has 5 rings (SSSR count). The molecule has 2 aliphatic rings. The molecular formula is C32H36N6O3. The Morgan fingerprint density at radius 2 is 1.56 bits per heavy atom. The highest BCUT2D eigenvalue weighted by atomic mass is 16.2. The lowest BCUT2D eigenvalue weighted by atomic mass is 9.98. The summed E-state index contributed by atoms with van der Waals surface area (Å²) in [6, 6.07) is 22.5. The van der Waals surface area contributed by atoms with Gasteiger partial charge in [-0.1, -0.05) is 30.3 Å². The van der Waals surface area contributed by atoms with Crippen LogP contribution in [0.25, 0.3) is 11.3 Å². The predicted octanol–water partition coefficient (Wildman–Crippen LogP) is 3.53. The van der Waals surface area contributed by atoms with Gasteiger partial charge >= 0.3 is 0 Å². The number of likely N-dealkylation sites (N-methyl/N-ethyl adjacent to an activating group) is 2. The van der Waals surface area contributed by atoms with E-state index in [2.05, 4.69) is 27.5 Å². The van der Waals surface area contributed by atoms with Gasteiger partial charge in [0.05, 0.1) is 17.8 Å². The zero-order valence-electron chi connectivity index (χ0n) is 24.0. The molecule has 2 heterocycles. The molecule has 0 bridgehead atoms. The second-order valence-corrected chi connectivity index (χ2v) is 10.7. The standard InChI is InChI=1S/C32H36N6O3/c1-35(2)32(41)23-10-15-27-26(20-23)29(31(40)34-27)30(22-8-6-5-7-9-22)33-24-11-13-25(14-12-24)37(4)28(39)21-38-18-16-36(3)17-19-38/h5-15,20,33H,16-19,21H2,1-4H3,(H,34,40)/b30-29-. The summed E-state index contributed by atoms with van der Waals surface area (Å²) in [5, 5.41) is 6.39. The number of anilines is 3. The van der Waals surface area contributed by atoms with Crippen molar-refractivity contribution in [2.75, 3.05) is 76.4 Å². The number of nitrogens with zero attached hydrogens (tertiary/aromatic N) is 4. The number of carbonyl (C=O) groups excluding carboxylic acids is 3. The smallest absolute Gasteiger partial charge is 0.258 e. The second kappa shape index (κ2) is 12.0. The fourth-order valence-electron chi connectivity index (χ4n) is 5.05. The molecule has 9 heteroatoms. The van der Waals surface area contributed by atoms with Gasteiger partial charge in [0.15, 0.2) is 0 Å². The van der Waals surface area contributed by atoms with E-state index in [9.17, 15) is 14.4 Å². The summed E-state index contributed by atoms with van der Waals surface area (Å²) in [7, 11) is 7.30. The second-order valence-electron chi connectivity index (χ2n) is 10.7. The molecule has 0 spiro atoms. The number of hydrogen-bond acceptors (Lipinski definition) is 6. The molecule has 212 valence electrons. The number of nitrogens with one attached hydrogen (secondary N) is 2. The Balaban J connectivity index is 1.42. The Bertz CT molecular complexity index is 1480. The number of hydrogen-bond donors (Lipinski definition) is 2. The van der Waals surface area contributed by atoms with E-state index in [-0.39, 0.29) is 17.7 Å². The Hall–Kier alpha value is -4.47. The van der Waals surface area contributed by atoms with Crippen molar-refractivity contribution in [3.63, 3.8) is 0 Å². The van der Waals surface area contributed by atoms with Gasteiger partial charge in [0.1, 0.15) is 0 Å². The number of piperazine rings is 1. The number of benzene rings is 3. The maximum atomic E-state index is 13.3. The lowest BCUT2D eigenvalue weighted by Crippen LogP contribution is -2.48. The molecule has 2 N–H and O–H groups in total. The van der Waals surface area contributed by atoms with Crippen molar-refractivity contribution in [2.45, 2.75) is 0 Å². The summed E-state index contributed by atoms with van der Waals surface area (Å²) in [6.07, 6.45) is 0. The minimum absolute atomic E-state index is 0.0460. The van der Waals surface area contributed by atoms with Gasteiger partial charge < -0.3 is 25.3 Å². The first-order valence-electron chi connectivity index (χ1n) is 13.7. The van der Waals surface area contributed by atoms with Crippen LogP contribution in [0.15, 0.2) is 72.8 Å². The van der Waals surface area contributed by atoms with Crippen LogP contribution in [0.4, 0.5) is 17.1 Å². The van der Waals surface area contributed by atoms with E-state index in [0.717, 1.165) is 43.1 Å². The largest absolute Gasteiger partial charge is 0.354 e. The minimum atomic E-state index is -0.244. The average molecular weight is 553 g/mol. The topological polar surface area (TPSA) is 88.2 Å². The highest BCUT2D eigenvalue weighted by Crippen LogP contribution is 2.38. The van der Waals surface area contributed by atoms with Crippen molar-refractivity contribution >= 4 is 46.1 Å². The van der Waals surface area contributed by atoms with E-state index < -0.39 is 0 Å². The molecule has 1 saturated heterocycles. The third-order valence-electron chi connectivity index (χ3n) is 7.58. The SMILES string of the molecule is CN1CCN(CC(=O)N(C)c2ccc(N/C(=C3\C(=O)Nc4ccc(C(=O)N(C)C)cc43)c3ccccc3)cc2)CC1. The minimum Gasteiger partial charge on any atom is -0.354 e. The van der Waals surface area contributed by atoms with Crippen molar-refractivity contribution in [1.29, 1.82) is 0 Å². The van der Waals surface area contributed by atoms with Crippen LogP contribution in [0.3, 0.4) is 0 Å². The quantitative estimate of drug-likeness (QED) is 0.436.